The van der Waals surface area contributed by atoms with Crippen LogP contribution >= 0.6 is 23.2 Å². The smallest absolute Gasteiger partial charge is 0.343 e. The molecule has 0 fully saturated rings. The van der Waals surface area contributed by atoms with E-state index in [0.717, 1.165) is 16.1 Å². The van der Waals surface area contributed by atoms with Crippen LogP contribution in [-0.4, -0.2) is 25.1 Å². The summed E-state index contributed by atoms with van der Waals surface area (Å²) < 4.78 is 5.89. The Morgan fingerprint density at radius 3 is 2.62 bits per heavy atom. The lowest BCUT2D eigenvalue weighted by atomic mass is 10.1. The standard InChI is InChI=1S/C18H20Cl2N4O2/c1-11-8-12(2)17(9-15(11)20)26-10-13-14(19)6-5-7-16(13)22-18(25)24(4)23-21-3/h5-9H,10H2,1-4H3,(H,22,25). The van der Waals surface area contributed by atoms with Crippen molar-refractivity contribution >= 4 is 34.9 Å². The number of amides is 2. The Labute approximate surface area is 162 Å². The second-order valence-corrected chi connectivity index (χ2v) is 6.48. The summed E-state index contributed by atoms with van der Waals surface area (Å²) in [5, 5.41) is 12.2. The van der Waals surface area contributed by atoms with Crippen molar-refractivity contribution in [2.24, 2.45) is 10.3 Å². The van der Waals surface area contributed by atoms with Gasteiger partial charge in [-0.2, -0.15) is 10.1 Å². The number of nitrogens with one attached hydrogen (secondary N) is 1. The van der Waals surface area contributed by atoms with Crippen molar-refractivity contribution in [2.75, 3.05) is 19.4 Å². The third kappa shape index (κ3) is 4.86. The Hall–Kier alpha value is -2.31. The van der Waals surface area contributed by atoms with Crippen LogP contribution in [-0.2, 0) is 6.61 Å². The molecule has 0 atom stereocenters. The number of nitrogens with zero attached hydrogens (tertiary/aromatic N) is 3. The molecular weight excluding hydrogens is 375 g/mol. The summed E-state index contributed by atoms with van der Waals surface area (Å²) in [6.07, 6.45) is 0. The van der Waals surface area contributed by atoms with Gasteiger partial charge in [0.25, 0.3) is 0 Å². The Morgan fingerprint density at radius 2 is 1.92 bits per heavy atom. The highest BCUT2D eigenvalue weighted by molar-refractivity contribution is 6.32. The molecule has 2 rings (SSSR count). The number of benzene rings is 2. The summed E-state index contributed by atoms with van der Waals surface area (Å²) in [5.74, 6) is 0.662. The van der Waals surface area contributed by atoms with Gasteiger partial charge in [0.15, 0.2) is 0 Å². The Bertz CT molecular complexity index is 840. The largest absolute Gasteiger partial charge is 0.488 e. The predicted molar refractivity (Wildman–Crippen MR) is 104 cm³/mol. The van der Waals surface area contributed by atoms with Gasteiger partial charge in [0.1, 0.15) is 12.4 Å². The molecular formula is C18H20Cl2N4O2. The van der Waals surface area contributed by atoms with Gasteiger partial charge in [-0.1, -0.05) is 40.6 Å². The van der Waals surface area contributed by atoms with Crippen LogP contribution in [0.1, 0.15) is 16.7 Å². The summed E-state index contributed by atoms with van der Waals surface area (Å²) in [6, 6.07) is 8.52. The molecule has 0 heterocycles. The summed E-state index contributed by atoms with van der Waals surface area (Å²) >= 11 is 12.5. The third-order valence-corrected chi connectivity index (χ3v) is 4.47. The molecule has 2 amide bonds. The predicted octanol–water partition coefficient (Wildman–Crippen LogP) is 5.65. The zero-order valence-electron chi connectivity index (χ0n) is 15.0. The van der Waals surface area contributed by atoms with Gasteiger partial charge in [0, 0.05) is 22.7 Å². The Morgan fingerprint density at radius 1 is 1.19 bits per heavy atom. The maximum Gasteiger partial charge on any atom is 0.343 e. The molecule has 0 aliphatic carbocycles. The van der Waals surface area contributed by atoms with E-state index in [4.69, 9.17) is 27.9 Å². The van der Waals surface area contributed by atoms with E-state index in [9.17, 15) is 4.79 Å². The van der Waals surface area contributed by atoms with Crippen LogP contribution in [0.2, 0.25) is 10.0 Å². The quantitative estimate of drug-likeness (QED) is 0.525. The van der Waals surface area contributed by atoms with Gasteiger partial charge in [-0.3, -0.25) is 0 Å². The maximum atomic E-state index is 12.1. The molecule has 0 saturated heterocycles. The first-order valence-electron chi connectivity index (χ1n) is 7.85. The number of urea groups is 1. The molecule has 0 aliphatic rings. The number of carbonyl (C=O) groups is 1. The lowest BCUT2D eigenvalue weighted by Gasteiger charge is -2.17. The number of halogens is 2. The van der Waals surface area contributed by atoms with Gasteiger partial charge in [-0.15, -0.1) is 0 Å². The summed E-state index contributed by atoms with van der Waals surface area (Å²) in [6.45, 7) is 4.05. The van der Waals surface area contributed by atoms with Gasteiger partial charge < -0.3 is 10.1 Å². The SMILES string of the molecule is CN=NN(C)C(=O)Nc1cccc(Cl)c1COc1cc(Cl)c(C)cc1C. The van der Waals surface area contributed by atoms with Crippen molar-refractivity contribution in [3.8, 4) is 5.75 Å². The third-order valence-electron chi connectivity index (χ3n) is 3.71. The normalized spacial score (nSPS) is 10.8. The number of hydrogen-bond acceptors (Lipinski definition) is 4. The minimum atomic E-state index is -0.436. The second kappa shape index (κ2) is 8.87. The van der Waals surface area contributed by atoms with E-state index in [2.05, 4.69) is 15.7 Å². The number of carbonyl (C=O) groups excluding carboxylic acids is 1. The van der Waals surface area contributed by atoms with Crippen LogP contribution in [0.15, 0.2) is 40.7 Å². The molecule has 0 bridgehead atoms. The zero-order valence-corrected chi connectivity index (χ0v) is 16.5. The number of ether oxygens (including phenoxy) is 1. The topological polar surface area (TPSA) is 66.3 Å². The summed E-state index contributed by atoms with van der Waals surface area (Å²) in [5.41, 5.74) is 3.14. The van der Waals surface area contributed by atoms with E-state index >= 15 is 0 Å². The Kier molecular flexibility index (Phi) is 6.83. The fourth-order valence-corrected chi connectivity index (χ4v) is 2.69. The van der Waals surface area contributed by atoms with Crippen LogP contribution in [0.4, 0.5) is 10.5 Å². The molecule has 0 aromatic heterocycles. The fourth-order valence-electron chi connectivity index (χ4n) is 2.31. The van der Waals surface area contributed by atoms with Crippen molar-refractivity contribution in [1.82, 2.24) is 5.01 Å². The molecule has 0 radical (unpaired) electrons. The van der Waals surface area contributed by atoms with Crippen LogP contribution < -0.4 is 10.1 Å². The van der Waals surface area contributed by atoms with Gasteiger partial charge in [-0.25, -0.2) is 4.79 Å². The van der Waals surface area contributed by atoms with E-state index in [1.807, 2.05) is 19.9 Å². The first-order chi connectivity index (χ1) is 12.3. The fraction of sp³-hybridized carbons (Fsp3) is 0.278. The number of aryl methyl sites for hydroxylation is 2. The molecule has 0 spiro atoms. The maximum absolute atomic E-state index is 12.1. The van der Waals surface area contributed by atoms with Crippen LogP contribution in [0.5, 0.6) is 5.75 Å². The van der Waals surface area contributed by atoms with Crippen molar-refractivity contribution in [3.63, 3.8) is 0 Å². The van der Waals surface area contributed by atoms with E-state index in [0.29, 0.717) is 27.0 Å². The van der Waals surface area contributed by atoms with Gasteiger partial charge in [0.05, 0.1) is 12.7 Å². The van der Waals surface area contributed by atoms with Gasteiger partial charge in [-0.05, 0) is 43.2 Å². The van der Waals surface area contributed by atoms with E-state index in [1.54, 1.807) is 24.3 Å². The molecule has 6 nitrogen and oxygen atoms in total. The van der Waals surface area contributed by atoms with Crippen LogP contribution in [0.25, 0.3) is 0 Å². The van der Waals surface area contributed by atoms with Crippen LogP contribution in [0.3, 0.4) is 0 Å². The van der Waals surface area contributed by atoms with E-state index in [-0.39, 0.29) is 6.61 Å². The first kappa shape index (κ1) is 20.0. The minimum absolute atomic E-state index is 0.175. The molecule has 26 heavy (non-hydrogen) atoms. The molecule has 0 unspecified atom stereocenters. The highest BCUT2D eigenvalue weighted by Crippen LogP contribution is 2.30. The average Bonchev–Trinajstić information content (AvgIpc) is 2.58. The molecule has 0 saturated carbocycles. The summed E-state index contributed by atoms with van der Waals surface area (Å²) in [7, 11) is 2.98. The van der Waals surface area contributed by atoms with Gasteiger partial charge >= 0.3 is 6.03 Å². The number of anilines is 1. The van der Waals surface area contributed by atoms with Crippen molar-refractivity contribution in [3.05, 3.63) is 57.1 Å². The van der Waals surface area contributed by atoms with E-state index in [1.165, 1.54) is 14.1 Å². The molecule has 2 aromatic carbocycles. The first-order valence-corrected chi connectivity index (χ1v) is 8.60. The zero-order chi connectivity index (χ0) is 19.3. The molecule has 1 N–H and O–H groups in total. The van der Waals surface area contributed by atoms with E-state index < -0.39 is 6.03 Å². The summed E-state index contributed by atoms with van der Waals surface area (Å²) in [4.78, 5) is 12.1. The second-order valence-electron chi connectivity index (χ2n) is 5.66. The minimum Gasteiger partial charge on any atom is -0.488 e. The Balaban J connectivity index is 2.22. The highest BCUT2D eigenvalue weighted by Gasteiger charge is 2.14. The molecule has 138 valence electrons. The average molecular weight is 395 g/mol. The van der Waals surface area contributed by atoms with Crippen LogP contribution in [0, 0.1) is 13.8 Å². The lowest BCUT2D eigenvalue weighted by Crippen LogP contribution is -2.27. The lowest BCUT2D eigenvalue weighted by molar-refractivity contribution is 0.221. The van der Waals surface area contributed by atoms with Crippen molar-refractivity contribution < 1.29 is 9.53 Å². The van der Waals surface area contributed by atoms with Crippen molar-refractivity contribution in [2.45, 2.75) is 20.5 Å². The monoisotopic (exact) mass is 394 g/mol. The molecule has 8 heteroatoms. The molecule has 0 aliphatic heterocycles. The van der Waals surface area contributed by atoms with Crippen molar-refractivity contribution in [1.29, 1.82) is 0 Å². The molecule has 2 aromatic rings. The number of hydrogen-bond donors (Lipinski definition) is 1. The highest BCUT2D eigenvalue weighted by atomic mass is 35.5. The van der Waals surface area contributed by atoms with Gasteiger partial charge in [0.2, 0.25) is 0 Å². The number of rotatable bonds is 5.